The number of halogens is 1. The highest BCUT2D eigenvalue weighted by Crippen LogP contribution is 2.16. The van der Waals surface area contributed by atoms with E-state index >= 15 is 0 Å². The fourth-order valence-corrected chi connectivity index (χ4v) is 4.53. The number of piperidine rings is 1. The molecule has 1 saturated heterocycles. The van der Waals surface area contributed by atoms with E-state index in [2.05, 4.69) is 17.0 Å². The lowest BCUT2D eigenvalue weighted by Gasteiger charge is -2.30. The zero-order valence-electron chi connectivity index (χ0n) is 13.0. The first-order valence-corrected chi connectivity index (χ1v) is 9.64. The van der Waals surface area contributed by atoms with E-state index in [-0.39, 0.29) is 10.6 Å². The number of nitrogens with one attached hydrogen (secondary N) is 1. The van der Waals surface area contributed by atoms with Gasteiger partial charge in [0.2, 0.25) is 0 Å². The second-order valence-corrected chi connectivity index (χ2v) is 8.24. The van der Waals surface area contributed by atoms with E-state index < -0.39 is 15.7 Å². The van der Waals surface area contributed by atoms with Crippen molar-refractivity contribution < 1.29 is 17.7 Å². The van der Waals surface area contributed by atoms with Gasteiger partial charge in [-0.2, -0.15) is 0 Å². The quantitative estimate of drug-likeness (QED) is 0.837. The van der Waals surface area contributed by atoms with Crippen LogP contribution in [0.3, 0.4) is 0 Å². The molecule has 23 heavy (non-hydrogen) atoms. The molecule has 1 fully saturated rings. The van der Waals surface area contributed by atoms with Crippen molar-refractivity contribution in [3.63, 3.8) is 0 Å². The van der Waals surface area contributed by atoms with Crippen LogP contribution < -0.4 is 4.90 Å². The minimum atomic E-state index is -3.33. The minimum absolute atomic E-state index is 0.113. The molecule has 0 unspecified atom stereocenters. The Morgan fingerprint density at radius 3 is 2.30 bits per heavy atom. The maximum absolute atomic E-state index is 12.9. The normalized spacial score (nSPS) is 22.1. The fraction of sp³-hybridized carbons (Fsp3) is 0.412. The zero-order valence-corrected chi connectivity index (χ0v) is 13.8. The van der Waals surface area contributed by atoms with Crippen molar-refractivity contribution in [3.05, 3.63) is 54.6 Å². The Hall–Kier alpha value is -1.66. The lowest BCUT2D eigenvalue weighted by atomic mass is 10.1. The molecule has 0 amide bonds. The van der Waals surface area contributed by atoms with Gasteiger partial charge < -0.3 is 9.47 Å². The highest BCUT2D eigenvalue weighted by Gasteiger charge is 2.25. The maximum atomic E-state index is 12.9. The van der Waals surface area contributed by atoms with E-state index in [0.29, 0.717) is 12.6 Å². The summed E-state index contributed by atoms with van der Waals surface area (Å²) >= 11 is 0. The van der Waals surface area contributed by atoms with Gasteiger partial charge in [0.05, 0.1) is 24.5 Å². The molecule has 0 atom stereocenters. The first-order chi connectivity index (χ1) is 11.0. The van der Waals surface area contributed by atoms with Gasteiger partial charge in [-0.1, -0.05) is 0 Å². The van der Waals surface area contributed by atoms with Crippen molar-refractivity contribution in [2.24, 2.45) is 0 Å². The molecule has 0 aliphatic carbocycles. The summed E-state index contributed by atoms with van der Waals surface area (Å²) in [6, 6.07) is 9.69. The molecule has 0 radical (unpaired) electrons. The lowest BCUT2D eigenvalue weighted by molar-refractivity contribution is -0.903. The van der Waals surface area contributed by atoms with Crippen LogP contribution in [0.1, 0.15) is 18.9 Å². The van der Waals surface area contributed by atoms with Crippen molar-refractivity contribution in [1.29, 1.82) is 0 Å². The summed E-state index contributed by atoms with van der Waals surface area (Å²) in [5, 5.41) is 0. The van der Waals surface area contributed by atoms with Crippen LogP contribution >= 0.6 is 0 Å². The summed E-state index contributed by atoms with van der Waals surface area (Å²) in [5.41, 5.74) is 0. The van der Waals surface area contributed by atoms with Crippen molar-refractivity contribution in [1.82, 2.24) is 4.57 Å². The summed E-state index contributed by atoms with van der Waals surface area (Å²) in [6.45, 7) is 2.58. The Morgan fingerprint density at radius 1 is 1.09 bits per heavy atom. The van der Waals surface area contributed by atoms with Gasteiger partial charge in [0.15, 0.2) is 9.84 Å². The van der Waals surface area contributed by atoms with E-state index in [0.717, 1.165) is 25.9 Å². The molecule has 3 rings (SSSR count). The molecule has 4 nitrogen and oxygen atoms in total. The Labute approximate surface area is 136 Å². The van der Waals surface area contributed by atoms with Crippen molar-refractivity contribution in [2.45, 2.75) is 23.8 Å². The van der Waals surface area contributed by atoms with E-state index in [1.165, 1.54) is 29.2 Å². The Bertz CT molecular complexity index is 718. The van der Waals surface area contributed by atoms with Gasteiger partial charge in [0, 0.05) is 31.3 Å². The minimum Gasteiger partial charge on any atom is -0.351 e. The summed E-state index contributed by atoms with van der Waals surface area (Å²) < 4.78 is 39.7. The first kappa shape index (κ1) is 16.2. The van der Waals surface area contributed by atoms with Crippen LogP contribution in [0.5, 0.6) is 0 Å². The molecule has 2 aromatic rings. The fourth-order valence-electron chi connectivity index (χ4n) is 3.19. The van der Waals surface area contributed by atoms with Crippen LogP contribution in [-0.4, -0.2) is 38.4 Å². The highest BCUT2D eigenvalue weighted by atomic mass is 32.2. The van der Waals surface area contributed by atoms with E-state index in [4.69, 9.17) is 0 Å². The Morgan fingerprint density at radius 2 is 1.70 bits per heavy atom. The van der Waals surface area contributed by atoms with E-state index in [9.17, 15) is 12.8 Å². The summed E-state index contributed by atoms with van der Waals surface area (Å²) in [6.07, 6.45) is 6.32. The van der Waals surface area contributed by atoms with Crippen LogP contribution in [0, 0.1) is 5.82 Å². The molecular formula is C17H22FN2O2S+. The third-order valence-corrected chi connectivity index (χ3v) is 6.34. The third-order valence-electron chi connectivity index (χ3n) is 4.61. The Balaban J connectivity index is 1.52. The molecule has 124 valence electrons. The molecule has 1 aromatic heterocycles. The average Bonchev–Trinajstić information content (AvgIpc) is 3.08. The summed E-state index contributed by atoms with van der Waals surface area (Å²) in [4.78, 5) is 1.54. The van der Waals surface area contributed by atoms with Crippen LogP contribution in [0.2, 0.25) is 0 Å². The number of nitrogens with zero attached hydrogens (tertiary/aromatic N) is 1. The topological polar surface area (TPSA) is 43.5 Å². The van der Waals surface area contributed by atoms with Crippen molar-refractivity contribution >= 4 is 9.84 Å². The monoisotopic (exact) mass is 337 g/mol. The SMILES string of the molecule is O=S(=O)(CC[NH+]1CCC(n2cccc2)CC1)c1ccc(F)cc1. The standard InChI is InChI=1S/C17H21FN2O2S/c18-15-3-5-17(6-4-15)23(21,22)14-13-19-11-7-16(8-12-19)20-9-1-2-10-20/h1-6,9-10,16H,7-8,11-14H2/p+1. The zero-order chi connectivity index (χ0) is 16.3. The van der Waals surface area contributed by atoms with Crippen LogP contribution in [-0.2, 0) is 9.84 Å². The maximum Gasteiger partial charge on any atom is 0.183 e. The summed E-state index contributed by atoms with van der Waals surface area (Å²) in [7, 11) is -3.33. The number of quaternary nitrogens is 1. The van der Waals surface area contributed by atoms with Gasteiger partial charge in [-0.05, 0) is 36.4 Å². The van der Waals surface area contributed by atoms with Crippen molar-refractivity contribution in [3.8, 4) is 0 Å². The average molecular weight is 337 g/mol. The molecule has 6 heteroatoms. The van der Waals surface area contributed by atoms with Crippen LogP contribution in [0.25, 0.3) is 0 Å². The second kappa shape index (κ2) is 6.84. The lowest BCUT2D eigenvalue weighted by Crippen LogP contribution is -3.13. The molecule has 0 bridgehead atoms. The molecule has 1 aliphatic rings. The third kappa shape index (κ3) is 4.00. The number of likely N-dealkylation sites (tertiary alicyclic amines) is 1. The van der Waals surface area contributed by atoms with Crippen molar-refractivity contribution in [2.75, 3.05) is 25.4 Å². The van der Waals surface area contributed by atoms with Crippen LogP contribution in [0.4, 0.5) is 4.39 Å². The Kier molecular flexibility index (Phi) is 4.82. The second-order valence-electron chi connectivity index (χ2n) is 6.13. The smallest absolute Gasteiger partial charge is 0.183 e. The predicted molar refractivity (Wildman–Crippen MR) is 86.7 cm³/mol. The van der Waals surface area contributed by atoms with Gasteiger partial charge in [-0.25, -0.2) is 12.8 Å². The number of aromatic nitrogens is 1. The molecule has 1 aromatic carbocycles. The van der Waals surface area contributed by atoms with Gasteiger partial charge in [0.25, 0.3) is 0 Å². The van der Waals surface area contributed by atoms with Crippen LogP contribution in [0.15, 0.2) is 53.7 Å². The first-order valence-electron chi connectivity index (χ1n) is 7.99. The molecule has 1 N–H and O–H groups in total. The van der Waals surface area contributed by atoms with Gasteiger partial charge >= 0.3 is 0 Å². The number of benzene rings is 1. The predicted octanol–water partition coefficient (Wildman–Crippen LogP) is 1.32. The highest BCUT2D eigenvalue weighted by molar-refractivity contribution is 7.91. The van der Waals surface area contributed by atoms with E-state index in [1.54, 1.807) is 0 Å². The number of sulfone groups is 1. The summed E-state index contributed by atoms with van der Waals surface area (Å²) in [5.74, 6) is -0.302. The molecule has 2 heterocycles. The molecular weight excluding hydrogens is 315 g/mol. The van der Waals surface area contributed by atoms with Gasteiger partial charge in [0.1, 0.15) is 11.6 Å². The van der Waals surface area contributed by atoms with E-state index in [1.807, 2.05) is 12.1 Å². The number of rotatable bonds is 5. The molecule has 1 aliphatic heterocycles. The van der Waals surface area contributed by atoms with Gasteiger partial charge in [-0.15, -0.1) is 0 Å². The molecule has 0 spiro atoms. The number of hydrogen-bond acceptors (Lipinski definition) is 2. The number of hydrogen-bond donors (Lipinski definition) is 1. The molecule has 0 saturated carbocycles. The van der Waals surface area contributed by atoms with Gasteiger partial charge in [-0.3, -0.25) is 0 Å². The largest absolute Gasteiger partial charge is 0.351 e.